The quantitative estimate of drug-likeness (QED) is 0.728. The Labute approximate surface area is 90.6 Å². The van der Waals surface area contributed by atoms with Crippen LogP contribution in [0, 0.1) is 6.92 Å². The van der Waals surface area contributed by atoms with Gasteiger partial charge in [-0.15, -0.1) is 0 Å². The van der Waals surface area contributed by atoms with E-state index in [0.29, 0.717) is 0 Å². The molecule has 2 rings (SSSR count). The molecule has 0 saturated heterocycles. The largest absolute Gasteiger partial charge is 0.275 e. The van der Waals surface area contributed by atoms with Crippen molar-refractivity contribution in [2.75, 3.05) is 0 Å². The van der Waals surface area contributed by atoms with Crippen LogP contribution in [0.2, 0.25) is 0 Å². The molecular formula is C13H16N2. The van der Waals surface area contributed by atoms with E-state index in [1.54, 1.807) is 0 Å². The van der Waals surface area contributed by atoms with E-state index in [4.69, 9.17) is 0 Å². The summed E-state index contributed by atoms with van der Waals surface area (Å²) in [5.74, 6) is 0. The average molecular weight is 200 g/mol. The Bertz CT molecular complexity index is 469. The molecule has 1 aromatic heterocycles. The summed E-state index contributed by atoms with van der Waals surface area (Å²) in [7, 11) is 1.95. The second kappa shape index (κ2) is 3.89. The molecule has 1 heterocycles. The van der Waals surface area contributed by atoms with Crippen molar-refractivity contribution in [3.8, 4) is 11.1 Å². The lowest BCUT2D eigenvalue weighted by Gasteiger charge is -2.07. The lowest BCUT2D eigenvalue weighted by molar-refractivity contribution is 0.768. The second-order valence-electron chi connectivity index (χ2n) is 3.85. The summed E-state index contributed by atoms with van der Waals surface area (Å²) in [5, 5.41) is 4.21. The first kappa shape index (κ1) is 9.97. The van der Waals surface area contributed by atoms with E-state index in [9.17, 15) is 0 Å². The molecule has 0 saturated carbocycles. The van der Waals surface area contributed by atoms with Crippen LogP contribution in [-0.2, 0) is 13.5 Å². The van der Waals surface area contributed by atoms with Crippen LogP contribution in [0.5, 0.6) is 0 Å². The Balaban J connectivity index is 2.53. The van der Waals surface area contributed by atoms with Crippen LogP contribution in [0.25, 0.3) is 11.1 Å². The lowest BCUT2D eigenvalue weighted by Crippen LogP contribution is -1.89. The fourth-order valence-corrected chi connectivity index (χ4v) is 1.94. The molecule has 2 aromatic rings. The average Bonchev–Trinajstić information content (AvgIpc) is 2.65. The van der Waals surface area contributed by atoms with Crippen molar-refractivity contribution >= 4 is 0 Å². The van der Waals surface area contributed by atoms with Crippen LogP contribution < -0.4 is 0 Å². The van der Waals surface area contributed by atoms with Crippen LogP contribution in [0.15, 0.2) is 30.6 Å². The molecule has 0 bridgehead atoms. The molecule has 2 nitrogen and oxygen atoms in total. The van der Waals surface area contributed by atoms with E-state index in [0.717, 1.165) is 6.42 Å². The van der Waals surface area contributed by atoms with E-state index >= 15 is 0 Å². The maximum Gasteiger partial charge on any atom is 0.0568 e. The van der Waals surface area contributed by atoms with Gasteiger partial charge in [-0.3, -0.25) is 4.68 Å². The summed E-state index contributed by atoms with van der Waals surface area (Å²) in [5.41, 5.74) is 5.28. The Morgan fingerprint density at radius 1 is 1.33 bits per heavy atom. The molecular weight excluding hydrogens is 184 g/mol. The normalized spacial score (nSPS) is 10.6. The van der Waals surface area contributed by atoms with Gasteiger partial charge in [-0.1, -0.05) is 25.1 Å². The summed E-state index contributed by atoms with van der Waals surface area (Å²) in [6, 6.07) is 6.47. The standard InChI is InChI=1S/C13H16N2/c1-4-11-6-5-7-13(10(11)2)12-8-14-15(3)9-12/h5-9H,4H2,1-3H3. The van der Waals surface area contributed by atoms with E-state index < -0.39 is 0 Å². The summed E-state index contributed by atoms with van der Waals surface area (Å²) < 4.78 is 1.84. The Kier molecular flexibility index (Phi) is 2.58. The zero-order valence-corrected chi connectivity index (χ0v) is 9.49. The molecule has 0 atom stereocenters. The van der Waals surface area contributed by atoms with Crippen molar-refractivity contribution in [1.82, 2.24) is 9.78 Å². The minimum absolute atomic E-state index is 1.08. The van der Waals surface area contributed by atoms with Crippen LogP contribution in [0.1, 0.15) is 18.1 Å². The van der Waals surface area contributed by atoms with Crippen LogP contribution >= 0.6 is 0 Å². The van der Waals surface area contributed by atoms with Crippen molar-refractivity contribution in [3.63, 3.8) is 0 Å². The highest BCUT2D eigenvalue weighted by molar-refractivity contribution is 5.67. The van der Waals surface area contributed by atoms with E-state index in [-0.39, 0.29) is 0 Å². The number of aromatic nitrogens is 2. The predicted molar refractivity (Wildman–Crippen MR) is 62.8 cm³/mol. The summed E-state index contributed by atoms with van der Waals surface area (Å²) in [6.07, 6.45) is 5.06. The second-order valence-corrected chi connectivity index (χ2v) is 3.85. The zero-order valence-electron chi connectivity index (χ0n) is 9.49. The molecule has 78 valence electrons. The van der Waals surface area contributed by atoms with Gasteiger partial charge in [0.15, 0.2) is 0 Å². The minimum Gasteiger partial charge on any atom is -0.275 e. The number of hydrogen-bond acceptors (Lipinski definition) is 1. The van der Waals surface area contributed by atoms with Gasteiger partial charge in [0, 0.05) is 18.8 Å². The molecule has 0 unspecified atom stereocenters. The molecule has 0 N–H and O–H groups in total. The number of aryl methyl sites for hydroxylation is 2. The SMILES string of the molecule is CCc1cccc(-c2cnn(C)c2)c1C. The maximum atomic E-state index is 4.21. The molecule has 0 amide bonds. The predicted octanol–water partition coefficient (Wildman–Crippen LogP) is 2.96. The molecule has 0 aliphatic heterocycles. The van der Waals surface area contributed by atoms with Gasteiger partial charge in [0.1, 0.15) is 0 Å². The van der Waals surface area contributed by atoms with Gasteiger partial charge in [0.25, 0.3) is 0 Å². The van der Waals surface area contributed by atoms with Gasteiger partial charge in [0.2, 0.25) is 0 Å². The molecule has 0 aliphatic rings. The Hall–Kier alpha value is -1.57. The maximum absolute atomic E-state index is 4.21. The molecule has 15 heavy (non-hydrogen) atoms. The van der Waals surface area contributed by atoms with E-state index in [2.05, 4.69) is 43.3 Å². The molecule has 1 aromatic carbocycles. The smallest absolute Gasteiger partial charge is 0.0568 e. The van der Waals surface area contributed by atoms with E-state index in [1.807, 2.05) is 17.9 Å². The van der Waals surface area contributed by atoms with Gasteiger partial charge >= 0.3 is 0 Å². The molecule has 0 spiro atoms. The third kappa shape index (κ3) is 1.80. The fourth-order valence-electron chi connectivity index (χ4n) is 1.94. The third-order valence-corrected chi connectivity index (χ3v) is 2.84. The van der Waals surface area contributed by atoms with Crippen molar-refractivity contribution in [3.05, 3.63) is 41.7 Å². The van der Waals surface area contributed by atoms with Crippen LogP contribution in [0.3, 0.4) is 0 Å². The third-order valence-electron chi connectivity index (χ3n) is 2.84. The van der Waals surface area contributed by atoms with Gasteiger partial charge in [-0.05, 0) is 30.0 Å². The minimum atomic E-state index is 1.08. The van der Waals surface area contributed by atoms with Crippen molar-refractivity contribution in [1.29, 1.82) is 0 Å². The highest BCUT2D eigenvalue weighted by Crippen LogP contribution is 2.25. The Morgan fingerprint density at radius 3 is 2.73 bits per heavy atom. The Morgan fingerprint density at radius 2 is 2.13 bits per heavy atom. The van der Waals surface area contributed by atoms with Crippen molar-refractivity contribution in [2.24, 2.45) is 7.05 Å². The van der Waals surface area contributed by atoms with Crippen LogP contribution in [-0.4, -0.2) is 9.78 Å². The first-order valence-corrected chi connectivity index (χ1v) is 5.30. The first-order chi connectivity index (χ1) is 7.22. The van der Waals surface area contributed by atoms with Gasteiger partial charge in [0.05, 0.1) is 6.20 Å². The van der Waals surface area contributed by atoms with Gasteiger partial charge in [-0.25, -0.2) is 0 Å². The number of benzene rings is 1. The first-order valence-electron chi connectivity index (χ1n) is 5.30. The van der Waals surface area contributed by atoms with Crippen molar-refractivity contribution in [2.45, 2.75) is 20.3 Å². The lowest BCUT2D eigenvalue weighted by atomic mass is 9.97. The number of rotatable bonds is 2. The fraction of sp³-hybridized carbons (Fsp3) is 0.308. The highest BCUT2D eigenvalue weighted by Gasteiger charge is 2.06. The summed E-state index contributed by atoms with van der Waals surface area (Å²) in [4.78, 5) is 0. The van der Waals surface area contributed by atoms with Gasteiger partial charge in [-0.2, -0.15) is 5.10 Å². The summed E-state index contributed by atoms with van der Waals surface area (Å²) >= 11 is 0. The van der Waals surface area contributed by atoms with Crippen molar-refractivity contribution < 1.29 is 0 Å². The van der Waals surface area contributed by atoms with Gasteiger partial charge < -0.3 is 0 Å². The topological polar surface area (TPSA) is 17.8 Å². The van der Waals surface area contributed by atoms with E-state index in [1.165, 1.54) is 22.3 Å². The number of nitrogens with zero attached hydrogens (tertiary/aromatic N) is 2. The molecule has 0 radical (unpaired) electrons. The number of hydrogen-bond donors (Lipinski definition) is 0. The van der Waals surface area contributed by atoms with Crippen LogP contribution in [0.4, 0.5) is 0 Å². The molecule has 0 fully saturated rings. The summed E-state index contributed by atoms with van der Waals surface area (Å²) in [6.45, 7) is 4.37. The molecule has 2 heteroatoms. The monoisotopic (exact) mass is 200 g/mol. The highest BCUT2D eigenvalue weighted by atomic mass is 15.2. The molecule has 0 aliphatic carbocycles. The zero-order chi connectivity index (χ0) is 10.8.